The molecule has 0 bridgehead atoms. The van der Waals surface area contributed by atoms with Gasteiger partial charge in [0.1, 0.15) is 18.2 Å². The lowest BCUT2D eigenvalue weighted by molar-refractivity contribution is 0.383. The summed E-state index contributed by atoms with van der Waals surface area (Å²) in [5.74, 6) is 1.63. The summed E-state index contributed by atoms with van der Waals surface area (Å²) in [5.41, 5.74) is 10.2. The molecule has 0 saturated heterocycles. The second-order valence-electron chi connectivity index (χ2n) is 14.0. The van der Waals surface area contributed by atoms with Gasteiger partial charge in [-0.05, 0) is 68.7 Å². The van der Waals surface area contributed by atoms with E-state index in [0.29, 0.717) is 0 Å². The molecule has 8 aromatic carbocycles. The second kappa shape index (κ2) is 13.2. The molecule has 8 aromatic rings. The number of hydrogen-bond acceptors (Lipinski definition) is 5. The van der Waals surface area contributed by atoms with Gasteiger partial charge in [0.15, 0.2) is 5.84 Å². The Labute approximate surface area is 315 Å². The van der Waals surface area contributed by atoms with Gasteiger partial charge >= 0.3 is 0 Å². The number of amidine groups is 2. The average molecular weight is 696 g/mol. The number of nitrogens with one attached hydrogen (secondary N) is 1. The van der Waals surface area contributed by atoms with Crippen LogP contribution in [-0.4, -0.2) is 23.6 Å². The highest BCUT2D eigenvalue weighted by molar-refractivity contribution is 6.18. The SMILES string of the molecule is CN1C(c2ccccc2)=NC(c2cccc(-c3ccc4c(ccc5ccc6c(c54)NC(c4ccccc4)N6c4ccccc4)c3)c2)=NC1c1ccccc1. The third-order valence-corrected chi connectivity index (χ3v) is 10.7. The van der Waals surface area contributed by atoms with Gasteiger partial charge in [0.25, 0.3) is 0 Å². The Morgan fingerprint density at radius 3 is 1.89 bits per heavy atom. The molecule has 2 aliphatic heterocycles. The number of benzene rings is 8. The summed E-state index contributed by atoms with van der Waals surface area (Å²) < 4.78 is 0. The molecule has 5 nitrogen and oxygen atoms in total. The van der Waals surface area contributed by atoms with Crippen LogP contribution in [0.25, 0.3) is 32.7 Å². The fourth-order valence-corrected chi connectivity index (χ4v) is 8.04. The summed E-state index contributed by atoms with van der Waals surface area (Å²) in [5, 5.41) is 8.82. The lowest BCUT2D eigenvalue weighted by atomic mass is 9.95. The minimum Gasteiger partial charge on any atom is -0.359 e. The lowest BCUT2D eigenvalue weighted by Gasteiger charge is -2.32. The maximum Gasteiger partial charge on any atom is 0.159 e. The van der Waals surface area contributed by atoms with Crippen molar-refractivity contribution in [2.45, 2.75) is 12.3 Å². The first-order chi connectivity index (χ1) is 26.7. The molecule has 2 heterocycles. The Morgan fingerprint density at radius 2 is 1.13 bits per heavy atom. The summed E-state index contributed by atoms with van der Waals surface area (Å²) in [6.45, 7) is 0. The minimum absolute atomic E-state index is 0.0273. The van der Waals surface area contributed by atoms with Crippen molar-refractivity contribution in [3.8, 4) is 11.1 Å². The summed E-state index contributed by atoms with van der Waals surface area (Å²) in [7, 11) is 2.07. The van der Waals surface area contributed by atoms with E-state index in [1.807, 2.05) is 12.1 Å². The van der Waals surface area contributed by atoms with Crippen molar-refractivity contribution < 1.29 is 0 Å². The Kier molecular flexibility index (Phi) is 7.76. The highest BCUT2D eigenvalue weighted by Gasteiger charge is 2.33. The maximum atomic E-state index is 5.23. The zero-order valence-corrected chi connectivity index (χ0v) is 29.8. The van der Waals surface area contributed by atoms with Crippen molar-refractivity contribution >= 4 is 50.3 Å². The molecule has 1 N–H and O–H groups in total. The molecule has 0 amide bonds. The van der Waals surface area contributed by atoms with Crippen molar-refractivity contribution in [2.75, 3.05) is 17.3 Å². The van der Waals surface area contributed by atoms with Crippen LogP contribution in [0.5, 0.6) is 0 Å². The Hall–Kier alpha value is -6.98. The molecule has 2 aliphatic rings. The van der Waals surface area contributed by atoms with Gasteiger partial charge in [-0.3, -0.25) is 0 Å². The van der Waals surface area contributed by atoms with Gasteiger partial charge < -0.3 is 15.1 Å². The molecule has 0 radical (unpaired) electrons. The number of nitrogens with zero attached hydrogens (tertiary/aromatic N) is 4. The van der Waals surface area contributed by atoms with Crippen LogP contribution in [0.3, 0.4) is 0 Å². The predicted molar refractivity (Wildman–Crippen MR) is 225 cm³/mol. The van der Waals surface area contributed by atoms with E-state index in [-0.39, 0.29) is 12.3 Å². The van der Waals surface area contributed by atoms with E-state index in [9.17, 15) is 0 Å². The Morgan fingerprint density at radius 1 is 0.519 bits per heavy atom. The Bertz CT molecular complexity index is 2710. The molecule has 2 unspecified atom stereocenters. The number of anilines is 3. The lowest BCUT2D eigenvalue weighted by Crippen LogP contribution is -2.35. The zero-order valence-electron chi connectivity index (χ0n) is 29.8. The molecular weight excluding hydrogens is 659 g/mol. The molecule has 0 aromatic heterocycles. The van der Waals surface area contributed by atoms with E-state index in [1.165, 1.54) is 32.8 Å². The van der Waals surface area contributed by atoms with E-state index in [0.717, 1.165) is 50.9 Å². The van der Waals surface area contributed by atoms with Gasteiger partial charge in [0.05, 0.1) is 11.4 Å². The highest BCUT2D eigenvalue weighted by Crippen LogP contribution is 2.50. The monoisotopic (exact) mass is 695 g/mol. The van der Waals surface area contributed by atoms with E-state index in [4.69, 9.17) is 9.98 Å². The molecule has 0 fully saturated rings. The van der Waals surface area contributed by atoms with Crippen LogP contribution in [0.15, 0.2) is 198 Å². The maximum absolute atomic E-state index is 5.23. The van der Waals surface area contributed by atoms with Crippen molar-refractivity contribution in [2.24, 2.45) is 9.98 Å². The standard InChI is InChI=1S/C49H37N5/c1-53-47(34-15-6-2-7-16-34)51-46(52-48(53)35-17-8-3-9-18-35)40-22-14-21-37(32-40)38-27-29-42-39(31-38)26-25-33-28-30-43-45(44(33)42)50-49(36-19-10-4-11-20-36)54(43)41-23-12-5-13-24-41/h2-32,47,49-50H,1H3. The van der Waals surface area contributed by atoms with Gasteiger partial charge in [0.2, 0.25) is 0 Å². The van der Waals surface area contributed by atoms with Crippen LogP contribution in [0.2, 0.25) is 0 Å². The molecule has 258 valence electrons. The fourth-order valence-electron chi connectivity index (χ4n) is 8.04. The van der Waals surface area contributed by atoms with Crippen LogP contribution < -0.4 is 10.2 Å². The third-order valence-electron chi connectivity index (χ3n) is 10.7. The smallest absolute Gasteiger partial charge is 0.159 e. The van der Waals surface area contributed by atoms with Gasteiger partial charge in [-0.1, -0.05) is 158 Å². The van der Waals surface area contributed by atoms with Crippen molar-refractivity contribution in [3.05, 3.63) is 210 Å². The van der Waals surface area contributed by atoms with E-state index < -0.39 is 0 Å². The first kappa shape index (κ1) is 31.7. The predicted octanol–water partition coefficient (Wildman–Crippen LogP) is 11.8. The van der Waals surface area contributed by atoms with Gasteiger partial charge in [0, 0.05) is 29.2 Å². The van der Waals surface area contributed by atoms with Crippen molar-refractivity contribution in [1.82, 2.24) is 4.90 Å². The molecule has 10 rings (SSSR count). The number of aliphatic imine (C=N–C) groups is 2. The van der Waals surface area contributed by atoms with Crippen molar-refractivity contribution in [1.29, 1.82) is 0 Å². The van der Waals surface area contributed by atoms with Crippen LogP contribution >= 0.6 is 0 Å². The topological polar surface area (TPSA) is 43.2 Å². The summed E-state index contributed by atoms with van der Waals surface area (Å²) in [4.78, 5) is 15.0. The molecule has 0 saturated carbocycles. The molecule has 5 heteroatoms. The second-order valence-corrected chi connectivity index (χ2v) is 14.0. The molecule has 0 spiro atoms. The van der Waals surface area contributed by atoms with Gasteiger partial charge in [-0.15, -0.1) is 0 Å². The molecule has 54 heavy (non-hydrogen) atoms. The number of para-hydroxylation sites is 1. The summed E-state index contributed by atoms with van der Waals surface area (Å²) >= 11 is 0. The number of rotatable bonds is 6. The molecular formula is C49H37N5. The van der Waals surface area contributed by atoms with Gasteiger partial charge in [-0.25, -0.2) is 9.98 Å². The first-order valence-corrected chi connectivity index (χ1v) is 18.5. The Balaban J connectivity index is 1.06. The zero-order chi connectivity index (χ0) is 36.0. The van der Waals surface area contributed by atoms with Crippen LogP contribution in [0.1, 0.15) is 34.6 Å². The quantitative estimate of drug-likeness (QED) is 0.176. The number of fused-ring (bicyclic) bond motifs is 5. The minimum atomic E-state index is -0.193. The van der Waals surface area contributed by atoms with Gasteiger partial charge in [-0.2, -0.15) is 0 Å². The average Bonchev–Trinajstić information content (AvgIpc) is 3.65. The summed E-state index contributed by atoms with van der Waals surface area (Å²) in [6.07, 6.45) is -0.221. The summed E-state index contributed by atoms with van der Waals surface area (Å²) in [6, 6.07) is 66.7. The van der Waals surface area contributed by atoms with Crippen LogP contribution in [0, 0.1) is 0 Å². The third kappa shape index (κ3) is 5.49. The fraction of sp³-hybridized carbons (Fsp3) is 0.0612. The van der Waals surface area contributed by atoms with E-state index >= 15 is 0 Å². The largest absolute Gasteiger partial charge is 0.359 e. The molecule has 0 aliphatic carbocycles. The first-order valence-electron chi connectivity index (χ1n) is 18.5. The van der Waals surface area contributed by atoms with Crippen LogP contribution in [-0.2, 0) is 0 Å². The highest BCUT2D eigenvalue weighted by atomic mass is 15.3. The number of hydrogen-bond donors (Lipinski definition) is 1. The van der Waals surface area contributed by atoms with Crippen LogP contribution in [0.4, 0.5) is 17.1 Å². The van der Waals surface area contributed by atoms with E-state index in [1.54, 1.807) is 0 Å². The van der Waals surface area contributed by atoms with E-state index in [2.05, 4.69) is 198 Å². The van der Waals surface area contributed by atoms with Crippen molar-refractivity contribution in [3.63, 3.8) is 0 Å². The normalized spacial score (nSPS) is 16.5. The molecule has 2 atom stereocenters.